The van der Waals surface area contributed by atoms with E-state index in [4.69, 9.17) is 5.11 Å². The van der Waals surface area contributed by atoms with Crippen molar-refractivity contribution in [3.63, 3.8) is 0 Å². The summed E-state index contributed by atoms with van der Waals surface area (Å²) in [4.78, 5) is 0. The zero-order valence-corrected chi connectivity index (χ0v) is 8.76. The Kier molecular flexibility index (Phi) is 5.40. The van der Waals surface area contributed by atoms with E-state index in [1.54, 1.807) is 0 Å². The quantitative estimate of drug-likeness (QED) is 0.593. The van der Waals surface area contributed by atoms with Gasteiger partial charge < -0.3 is 10.4 Å². The van der Waals surface area contributed by atoms with Gasteiger partial charge in [-0.3, -0.25) is 0 Å². The molecule has 1 rings (SSSR count). The maximum Gasteiger partial charge on any atom is 0.0471 e. The molecule has 0 amide bonds. The van der Waals surface area contributed by atoms with Gasteiger partial charge in [0.05, 0.1) is 0 Å². The van der Waals surface area contributed by atoms with Gasteiger partial charge in [-0.05, 0) is 31.2 Å². The molecule has 1 aliphatic rings. The Morgan fingerprint density at radius 1 is 1.46 bits per heavy atom. The van der Waals surface area contributed by atoms with Crippen molar-refractivity contribution < 1.29 is 5.11 Å². The Bertz CT molecular complexity index is 119. The van der Waals surface area contributed by atoms with Crippen molar-refractivity contribution in [2.75, 3.05) is 19.7 Å². The average molecular weight is 185 g/mol. The molecular formula is C11H23NO. The summed E-state index contributed by atoms with van der Waals surface area (Å²) >= 11 is 0. The summed E-state index contributed by atoms with van der Waals surface area (Å²) in [6, 6.07) is 0. The number of aliphatic hydroxyl groups is 1. The summed E-state index contributed by atoms with van der Waals surface area (Å²) in [7, 11) is 0. The van der Waals surface area contributed by atoms with Crippen LogP contribution in [0.2, 0.25) is 0 Å². The Morgan fingerprint density at radius 2 is 2.23 bits per heavy atom. The maximum atomic E-state index is 8.95. The third kappa shape index (κ3) is 4.10. The number of hydrogen-bond acceptors (Lipinski definition) is 2. The molecule has 2 heteroatoms. The zero-order chi connectivity index (χ0) is 9.52. The van der Waals surface area contributed by atoms with Gasteiger partial charge >= 0.3 is 0 Å². The molecular weight excluding hydrogens is 162 g/mol. The second-order valence-electron chi connectivity index (χ2n) is 4.25. The molecule has 1 aliphatic carbocycles. The first kappa shape index (κ1) is 11.0. The van der Waals surface area contributed by atoms with Crippen molar-refractivity contribution in [3.8, 4) is 0 Å². The van der Waals surface area contributed by atoms with Crippen LogP contribution >= 0.6 is 0 Å². The van der Waals surface area contributed by atoms with Gasteiger partial charge in [-0.1, -0.05) is 26.2 Å². The summed E-state index contributed by atoms with van der Waals surface area (Å²) in [5, 5.41) is 12.4. The topological polar surface area (TPSA) is 32.3 Å². The number of hydrogen-bond donors (Lipinski definition) is 2. The molecule has 0 bridgehead atoms. The lowest BCUT2D eigenvalue weighted by Crippen LogP contribution is -2.27. The van der Waals surface area contributed by atoms with Crippen molar-refractivity contribution in [2.24, 2.45) is 11.8 Å². The molecule has 1 fully saturated rings. The van der Waals surface area contributed by atoms with Crippen molar-refractivity contribution in [1.29, 1.82) is 0 Å². The van der Waals surface area contributed by atoms with Crippen molar-refractivity contribution >= 4 is 0 Å². The van der Waals surface area contributed by atoms with Crippen LogP contribution in [0, 0.1) is 11.8 Å². The molecule has 78 valence electrons. The van der Waals surface area contributed by atoms with Gasteiger partial charge in [0.2, 0.25) is 0 Å². The smallest absolute Gasteiger partial charge is 0.0471 e. The van der Waals surface area contributed by atoms with Crippen LogP contribution in [-0.2, 0) is 0 Å². The summed E-state index contributed by atoms with van der Waals surface area (Å²) in [6.07, 6.45) is 6.74. The first-order valence-electron chi connectivity index (χ1n) is 5.68. The summed E-state index contributed by atoms with van der Waals surface area (Å²) in [5.74, 6) is 1.46. The van der Waals surface area contributed by atoms with E-state index in [0.29, 0.717) is 12.5 Å². The fourth-order valence-electron chi connectivity index (χ4n) is 1.73. The minimum Gasteiger partial charge on any atom is -0.396 e. The van der Waals surface area contributed by atoms with Crippen molar-refractivity contribution in [1.82, 2.24) is 5.32 Å². The van der Waals surface area contributed by atoms with Gasteiger partial charge in [-0.15, -0.1) is 0 Å². The average Bonchev–Trinajstić information content (AvgIpc) is 2.08. The molecule has 2 nitrogen and oxygen atoms in total. The van der Waals surface area contributed by atoms with E-state index in [9.17, 15) is 0 Å². The van der Waals surface area contributed by atoms with Gasteiger partial charge in [-0.25, -0.2) is 0 Å². The summed E-state index contributed by atoms with van der Waals surface area (Å²) in [6.45, 7) is 4.59. The molecule has 0 aliphatic heterocycles. The second kappa shape index (κ2) is 6.39. The Balaban J connectivity index is 1.87. The Hall–Kier alpha value is -0.0800. The van der Waals surface area contributed by atoms with Crippen LogP contribution in [0.15, 0.2) is 0 Å². The predicted octanol–water partition coefficient (Wildman–Crippen LogP) is 1.78. The highest BCUT2D eigenvalue weighted by molar-refractivity contribution is 4.70. The Labute approximate surface area is 81.7 Å². The molecule has 0 heterocycles. The summed E-state index contributed by atoms with van der Waals surface area (Å²) in [5.41, 5.74) is 0. The summed E-state index contributed by atoms with van der Waals surface area (Å²) < 4.78 is 0. The monoisotopic (exact) mass is 185 g/mol. The van der Waals surface area contributed by atoms with Crippen molar-refractivity contribution in [3.05, 3.63) is 0 Å². The van der Waals surface area contributed by atoms with Crippen LogP contribution in [0.5, 0.6) is 0 Å². The molecule has 0 saturated heterocycles. The highest BCUT2D eigenvalue weighted by Crippen LogP contribution is 2.28. The minimum atomic E-state index is 0.326. The van der Waals surface area contributed by atoms with E-state index in [-0.39, 0.29) is 0 Å². The lowest BCUT2D eigenvalue weighted by Gasteiger charge is -2.25. The molecule has 2 N–H and O–H groups in total. The van der Waals surface area contributed by atoms with Crippen LogP contribution in [-0.4, -0.2) is 24.8 Å². The van der Waals surface area contributed by atoms with E-state index in [1.807, 2.05) is 0 Å². The molecule has 0 spiro atoms. The number of nitrogens with one attached hydrogen (secondary N) is 1. The molecule has 1 unspecified atom stereocenters. The fourth-order valence-corrected chi connectivity index (χ4v) is 1.73. The highest BCUT2D eigenvalue weighted by atomic mass is 16.3. The second-order valence-corrected chi connectivity index (χ2v) is 4.25. The largest absolute Gasteiger partial charge is 0.396 e. The van der Waals surface area contributed by atoms with Crippen LogP contribution in [0.4, 0.5) is 0 Å². The van der Waals surface area contributed by atoms with Crippen LogP contribution in [0.25, 0.3) is 0 Å². The molecule has 0 aromatic rings. The van der Waals surface area contributed by atoms with E-state index in [0.717, 1.165) is 25.4 Å². The molecule has 0 radical (unpaired) electrons. The minimum absolute atomic E-state index is 0.326. The number of aliphatic hydroxyl groups excluding tert-OH is 1. The molecule has 0 aromatic heterocycles. The third-order valence-electron chi connectivity index (χ3n) is 3.22. The van der Waals surface area contributed by atoms with Crippen LogP contribution in [0.3, 0.4) is 0 Å². The van der Waals surface area contributed by atoms with Gasteiger partial charge in [0.1, 0.15) is 0 Å². The van der Waals surface area contributed by atoms with Gasteiger partial charge in [0.15, 0.2) is 0 Å². The predicted molar refractivity (Wildman–Crippen MR) is 55.7 cm³/mol. The molecule has 1 atom stereocenters. The van der Waals surface area contributed by atoms with E-state index < -0.39 is 0 Å². The molecule has 0 aromatic carbocycles. The third-order valence-corrected chi connectivity index (χ3v) is 3.22. The Morgan fingerprint density at radius 3 is 2.69 bits per heavy atom. The van der Waals surface area contributed by atoms with Crippen LogP contribution in [0.1, 0.15) is 39.0 Å². The zero-order valence-electron chi connectivity index (χ0n) is 8.76. The van der Waals surface area contributed by atoms with Crippen molar-refractivity contribution in [2.45, 2.75) is 39.0 Å². The van der Waals surface area contributed by atoms with E-state index >= 15 is 0 Å². The normalized spacial score (nSPS) is 19.8. The lowest BCUT2D eigenvalue weighted by atomic mass is 9.83. The fraction of sp³-hybridized carbons (Fsp3) is 1.00. The maximum absolute atomic E-state index is 8.95. The van der Waals surface area contributed by atoms with Gasteiger partial charge in [-0.2, -0.15) is 0 Å². The number of rotatable bonds is 7. The first-order valence-corrected chi connectivity index (χ1v) is 5.68. The van der Waals surface area contributed by atoms with E-state index in [2.05, 4.69) is 12.2 Å². The highest BCUT2D eigenvalue weighted by Gasteiger charge is 2.16. The van der Waals surface area contributed by atoms with Gasteiger partial charge in [0.25, 0.3) is 0 Å². The van der Waals surface area contributed by atoms with E-state index in [1.165, 1.54) is 25.7 Å². The SMILES string of the molecule is CCC(CO)CNCCC1CCC1. The van der Waals surface area contributed by atoms with Crippen LogP contribution < -0.4 is 5.32 Å². The van der Waals surface area contributed by atoms with Gasteiger partial charge in [0, 0.05) is 13.2 Å². The molecule has 1 saturated carbocycles. The standard InChI is InChI=1S/C11H23NO/c1-2-10(9-13)8-12-7-6-11-4-3-5-11/h10-13H,2-9H2,1H3. The molecule has 13 heavy (non-hydrogen) atoms. The lowest BCUT2D eigenvalue weighted by molar-refractivity contribution is 0.216. The first-order chi connectivity index (χ1) is 6.36.